The van der Waals surface area contributed by atoms with E-state index in [-0.39, 0.29) is 17.3 Å². The van der Waals surface area contributed by atoms with E-state index in [0.29, 0.717) is 18.2 Å². The Morgan fingerprint density at radius 2 is 2.14 bits per heavy atom. The maximum Gasteiger partial charge on any atom is 0.299 e. The van der Waals surface area contributed by atoms with Crippen molar-refractivity contribution >= 4 is 0 Å². The first-order valence-corrected chi connectivity index (χ1v) is 7.92. The molecule has 0 amide bonds. The Hall–Kier alpha value is -1.36. The van der Waals surface area contributed by atoms with Crippen LogP contribution in [0.15, 0.2) is 10.9 Å². The Balaban J connectivity index is 1.75. The van der Waals surface area contributed by atoms with Crippen molar-refractivity contribution in [3.63, 3.8) is 0 Å². The lowest BCUT2D eigenvalue weighted by molar-refractivity contribution is -0.0687. The second-order valence-electron chi connectivity index (χ2n) is 6.36. The Labute approximate surface area is 125 Å². The molecule has 1 aliphatic heterocycles. The van der Waals surface area contributed by atoms with E-state index in [4.69, 9.17) is 9.47 Å². The molecule has 1 spiro atoms. The molecule has 3 rings (SSSR count). The summed E-state index contributed by atoms with van der Waals surface area (Å²) in [4.78, 5) is 16.4. The average molecular weight is 292 g/mol. The first-order chi connectivity index (χ1) is 10.1. The minimum absolute atomic E-state index is 0.0625. The summed E-state index contributed by atoms with van der Waals surface area (Å²) >= 11 is 0. The highest BCUT2D eigenvalue weighted by atomic mass is 16.5. The van der Waals surface area contributed by atoms with Gasteiger partial charge >= 0.3 is 0 Å². The van der Waals surface area contributed by atoms with Crippen molar-refractivity contribution in [1.29, 1.82) is 0 Å². The highest BCUT2D eigenvalue weighted by molar-refractivity contribution is 5.07. The fraction of sp³-hybridized carbons (Fsp3) is 0.750. The van der Waals surface area contributed by atoms with Crippen molar-refractivity contribution in [3.05, 3.63) is 22.1 Å². The third kappa shape index (κ3) is 2.98. The SMILES string of the molecule is COc1nc(C)cc(=O)n1CC1CCC2(CCCCC2)O1. The van der Waals surface area contributed by atoms with E-state index < -0.39 is 0 Å². The molecule has 1 aromatic rings. The smallest absolute Gasteiger partial charge is 0.299 e. The van der Waals surface area contributed by atoms with E-state index in [1.165, 1.54) is 32.1 Å². The number of ether oxygens (including phenoxy) is 2. The van der Waals surface area contributed by atoms with E-state index in [2.05, 4.69) is 4.98 Å². The Kier molecular flexibility index (Phi) is 4.02. The number of aromatic nitrogens is 2. The molecule has 0 N–H and O–H groups in total. The van der Waals surface area contributed by atoms with E-state index in [0.717, 1.165) is 12.8 Å². The zero-order valence-corrected chi connectivity index (χ0v) is 12.9. The molecule has 1 aliphatic carbocycles. The van der Waals surface area contributed by atoms with Gasteiger partial charge in [-0.1, -0.05) is 19.3 Å². The highest BCUT2D eigenvalue weighted by Crippen LogP contribution is 2.42. The van der Waals surface area contributed by atoms with Crippen LogP contribution in [0.2, 0.25) is 0 Å². The molecule has 2 fully saturated rings. The van der Waals surface area contributed by atoms with E-state index in [1.54, 1.807) is 24.7 Å². The van der Waals surface area contributed by atoms with Crippen LogP contribution in [-0.4, -0.2) is 28.4 Å². The number of methoxy groups -OCH3 is 1. The second-order valence-corrected chi connectivity index (χ2v) is 6.36. The van der Waals surface area contributed by atoms with Crippen molar-refractivity contribution in [2.24, 2.45) is 0 Å². The van der Waals surface area contributed by atoms with Gasteiger partial charge in [-0.05, 0) is 32.6 Å². The van der Waals surface area contributed by atoms with Crippen LogP contribution in [0, 0.1) is 6.92 Å². The van der Waals surface area contributed by atoms with Crippen molar-refractivity contribution in [3.8, 4) is 6.01 Å². The van der Waals surface area contributed by atoms with Gasteiger partial charge in [0.1, 0.15) is 0 Å². The second kappa shape index (κ2) is 5.79. The predicted molar refractivity (Wildman–Crippen MR) is 79.7 cm³/mol. The molecule has 1 atom stereocenters. The minimum Gasteiger partial charge on any atom is -0.468 e. The molecule has 21 heavy (non-hydrogen) atoms. The van der Waals surface area contributed by atoms with Crippen molar-refractivity contribution < 1.29 is 9.47 Å². The van der Waals surface area contributed by atoms with Gasteiger partial charge in [-0.3, -0.25) is 9.36 Å². The Morgan fingerprint density at radius 3 is 2.86 bits per heavy atom. The molecule has 1 unspecified atom stereocenters. The zero-order chi connectivity index (χ0) is 14.9. The van der Waals surface area contributed by atoms with Crippen LogP contribution < -0.4 is 10.3 Å². The monoisotopic (exact) mass is 292 g/mol. The normalized spacial score (nSPS) is 24.4. The highest BCUT2D eigenvalue weighted by Gasteiger charge is 2.41. The summed E-state index contributed by atoms with van der Waals surface area (Å²) in [5.74, 6) is 0. The largest absolute Gasteiger partial charge is 0.468 e. The lowest BCUT2D eigenvalue weighted by atomic mass is 9.83. The third-order valence-electron chi connectivity index (χ3n) is 4.77. The quantitative estimate of drug-likeness (QED) is 0.858. The topological polar surface area (TPSA) is 53.3 Å². The Morgan fingerprint density at radius 1 is 1.38 bits per heavy atom. The van der Waals surface area contributed by atoms with Gasteiger partial charge in [0.25, 0.3) is 11.6 Å². The van der Waals surface area contributed by atoms with Crippen LogP contribution in [0.1, 0.15) is 50.6 Å². The van der Waals surface area contributed by atoms with Crippen LogP contribution in [0.25, 0.3) is 0 Å². The van der Waals surface area contributed by atoms with Gasteiger partial charge in [0.05, 0.1) is 25.4 Å². The molecule has 5 heteroatoms. The van der Waals surface area contributed by atoms with E-state index in [9.17, 15) is 4.79 Å². The molecule has 1 aromatic heterocycles. The average Bonchev–Trinajstić information content (AvgIpc) is 2.85. The maximum atomic E-state index is 12.2. The molecule has 0 bridgehead atoms. The van der Waals surface area contributed by atoms with E-state index >= 15 is 0 Å². The first-order valence-electron chi connectivity index (χ1n) is 7.92. The zero-order valence-electron chi connectivity index (χ0n) is 12.9. The molecule has 0 aromatic carbocycles. The molecule has 2 aliphatic rings. The van der Waals surface area contributed by atoms with Gasteiger partial charge in [-0.25, -0.2) is 4.98 Å². The number of hydrogen-bond donors (Lipinski definition) is 0. The van der Waals surface area contributed by atoms with E-state index in [1.807, 2.05) is 0 Å². The summed E-state index contributed by atoms with van der Waals surface area (Å²) in [6, 6.07) is 1.93. The van der Waals surface area contributed by atoms with Crippen LogP contribution in [-0.2, 0) is 11.3 Å². The van der Waals surface area contributed by atoms with Crippen molar-refractivity contribution in [2.45, 2.75) is 70.1 Å². The number of rotatable bonds is 3. The third-order valence-corrected chi connectivity index (χ3v) is 4.77. The predicted octanol–water partition coefficient (Wildman–Crippen LogP) is 2.44. The summed E-state index contributed by atoms with van der Waals surface area (Å²) < 4.78 is 13.2. The van der Waals surface area contributed by atoms with Crippen molar-refractivity contribution in [1.82, 2.24) is 9.55 Å². The lowest BCUT2D eigenvalue weighted by Crippen LogP contribution is -2.34. The van der Waals surface area contributed by atoms with Crippen LogP contribution in [0.3, 0.4) is 0 Å². The molecule has 5 nitrogen and oxygen atoms in total. The molecule has 2 heterocycles. The van der Waals surface area contributed by atoms with Crippen LogP contribution in [0.5, 0.6) is 6.01 Å². The lowest BCUT2D eigenvalue weighted by Gasteiger charge is -2.33. The summed E-state index contributed by atoms with van der Waals surface area (Å²) in [5, 5.41) is 0. The van der Waals surface area contributed by atoms with Crippen LogP contribution in [0.4, 0.5) is 0 Å². The van der Waals surface area contributed by atoms with Gasteiger partial charge in [0.15, 0.2) is 0 Å². The summed E-state index contributed by atoms with van der Waals surface area (Å²) in [6.07, 6.45) is 8.43. The van der Waals surface area contributed by atoms with Gasteiger partial charge in [0, 0.05) is 11.8 Å². The molecular formula is C16H24N2O3. The van der Waals surface area contributed by atoms with Gasteiger partial charge in [-0.2, -0.15) is 0 Å². The fourth-order valence-electron chi connectivity index (χ4n) is 3.71. The summed E-state index contributed by atoms with van der Waals surface area (Å²) in [7, 11) is 1.55. The van der Waals surface area contributed by atoms with Crippen LogP contribution >= 0.6 is 0 Å². The molecular weight excluding hydrogens is 268 g/mol. The van der Waals surface area contributed by atoms with Gasteiger partial charge < -0.3 is 9.47 Å². The minimum atomic E-state index is -0.0625. The number of hydrogen-bond acceptors (Lipinski definition) is 4. The molecule has 116 valence electrons. The number of nitrogens with zero attached hydrogens (tertiary/aromatic N) is 2. The summed E-state index contributed by atoms with van der Waals surface area (Å²) in [5.41, 5.74) is 0.703. The molecule has 1 saturated carbocycles. The van der Waals surface area contributed by atoms with Gasteiger partial charge in [-0.15, -0.1) is 0 Å². The molecule has 0 radical (unpaired) electrons. The fourth-order valence-corrected chi connectivity index (χ4v) is 3.71. The standard InChI is InChI=1S/C16H24N2O3/c1-12-10-14(19)18(15(17-12)20-2)11-13-6-9-16(21-13)7-4-3-5-8-16/h10,13H,3-9,11H2,1-2H3. The maximum absolute atomic E-state index is 12.2. The van der Waals surface area contributed by atoms with Crippen molar-refractivity contribution in [2.75, 3.05) is 7.11 Å². The number of aryl methyl sites for hydroxylation is 1. The Bertz CT molecular complexity index is 561. The van der Waals surface area contributed by atoms with Gasteiger partial charge in [0.2, 0.25) is 0 Å². The first kappa shape index (κ1) is 14.6. The molecule has 1 saturated heterocycles. The summed E-state index contributed by atoms with van der Waals surface area (Å²) in [6.45, 7) is 2.34.